The van der Waals surface area contributed by atoms with E-state index in [1.165, 1.54) is 12.1 Å². The summed E-state index contributed by atoms with van der Waals surface area (Å²) in [6.07, 6.45) is 2.76. The van der Waals surface area contributed by atoms with Crippen molar-refractivity contribution in [3.8, 4) is 17.0 Å². The number of nitrogens with zero attached hydrogens (tertiary/aromatic N) is 2. The second kappa shape index (κ2) is 7.62. The molecule has 130 valence electrons. The fourth-order valence-electron chi connectivity index (χ4n) is 2.95. The predicted molar refractivity (Wildman–Crippen MR) is 101 cm³/mol. The van der Waals surface area contributed by atoms with E-state index < -0.39 is 0 Å². The van der Waals surface area contributed by atoms with Crippen molar-refractivity contribution in [3.63, 3.8) is 0 Å². The third-order valence-electron chi connectivity index (χ3n) is 4.23. The third kappa shape index (κ3) is 3.97. The number of halogens is 1. The van der Waals surface area contributed by atoms with Gasteiger partial charge in [0.05, 0.1) is 6.61 Å². The Morgan fingerprint density at radius 1 is 1.08 bits per heavy atom. The summed E-state index contributed by atoms with van der Waals surface area (Å²) in [5.74, 6) is 0.427. The molecule has 2 aromatic carbocycles. The molecule has 0 bridgehead atoms. The van der Waals surface area contributed by atoms with Gasteiger partial charge in [0.25, 0.3) is 0 Å². The molecule has 1 heterocycles. The molecular formula is C21H23FN2O. The fraction of sp³-hybridized carbons (Fsp3) is 0.286. The number of rotatable bonds is 6. The van der Waals surface area contributed by atoms with Crippen LogP contribution in [-0.2, 0) is 0 Å². The van der Waals surface area contributed by atoms with E-state index in [2.05, 4.69) is 43.0 Å². The van der Waals surface area contributed by atoms with E-state index in [-0.39, 0.29) is 5.82 Å². The molecule has 0 aliphatic rings. The van der Waals surface area contributed by atoms with Gasteiger partial charge in [0.15, 0.2) is 0 Å². The first-order chi connectivity index (χ1) is 12.1. The van der Waals surface area contributed by atoms with Crippen molar-refractivity contribution in [1.82, 2.24) is 9.88 Å². The number of hydrogen-bond donors (Lipinski definition) is 0. The van der Waals surface area contributed by atoms with Gasteiger partial charge in [0.2, 0.25) is 5.88 Å². The first kappa shape index (κ1) is 17.4. The maximum atomic E-state index is 13.2. The highest BCUT2D eigenvalue weighted by atomic mass is 19.1. The Labute approximate surface area is 148 Å². The zero-order valence-corrected chi connectivity index (χ0v) is 14.9. The van der Waals surface area contributed by atoms with Gasteiger partial charge in [-0.3, -0.25) is 0 Å². The molecule has 1 aromatic heterocycles. The largest absolute Gasteiger partial charge is 0.477 e. The molecule has 3 rings (SSSR count). The minimum absolute atomic E-state index is 0.238. The van der Waals surface area contributed by atoms with Gasteiger partial charge >= 0.3 is 0 Å². The third-order valence-corrected chi connectivity index (χ3v) is 4.23. The highest BCUT2D eigenvalue weighted by Gasteiger charge is 2.12. The van der Waals surface area contributed by atoms with Gasteiger partial charge in [0.1, 0.15) is 5.82 Å². The van der Waals surface area contributed by atoms with E-state index in [0.717, 1.165) is 40.4 Å². The summed E-state index contributed by atoms with van der Waals surface area (Å²) in [5.41, 5.74) is 3.06. The zero-order chi connectivity index (χ0) is 17.8. The smallest absolute Gasteiger partial charge is 0.221 e. The van der Waals surface area contributed by atoms with E-state index in [0.29, 0.717) is 12.5 Å². The number of benzene rings is 2. The first-order valence-corrected chi connectivity index (χ1v) is 8.48. The van der Waals surface area contributed by atoms with E-state index >= 15 is 0 Å². The topological polar surface area (TPSA) is 25.4 Å². The number of pyridine rings is 1. The lowest BCUT2D eigenvalue weighted by Gasteiger charge is -2.14. The highest BCUT2D eigenvalue weighted by Crippen LogP contribution is 2.34. The number of aromatic nitrogens is 1. The van der Waals surface area contributed by atoms with Crippen LogP contribution in [0.15, 0.2) is 48.7 Å². The Bertz CT molecular complexity index is 860. The van der Waals surface area contributed by atoms with E-state index in [4.69, 9.17) is 4.74 Å². The van der Waals surface area contributed by atoms with E-state index in [1.807, 2.05) is 12.3 Å². The Morgan fingerprint density at radius 2 is 1.84 bits per heavy atom. The predicted octanol–water partition coefficient (Wildman–Crippen LogP) is 4.68. The molecule has 0 amide bonds. The Morgan fingerprint density at radius 3 is 2.56 bits per heavy atom. The summed E-state index contributed by atoms with van der Waals surface area (Å²) in [5, 5.41) is 2.10. The zero-order valence-electron chi connectivity index (χ0n) is 14.9. The SMILES string of the molecule is Cc1cccc2c(-c3ccc(F)cc3)cnc(OCCCN(C)C)c12. The van der Waals surface area contributed by atoms with E-state index in [9.17, 15) is 4.39 Å². The van der Waals surface area contributed by atoms with Gasteiger partial charge in [-0.2, -0.15) is 0 Å². The highest BCUT2D eigenvalue weighted by molar-refractivity contribution is 6.00. The summed E-state index contributed by atoms with van der Waals surface area (Å²) in [7, 11) is 4.10. The van der Waals surface area contributed by atoms with Crippen LogP contribution in [0.2, 0.25) is 0 Å². The Balaban J connectivity index is 1.98. The summed E-state index contributed by atoms with van der Waals surface area (Å²) >= 11 is 0. The van der Waals surface area contributed by atoms with Crippen molar-refractivity contribution in [2.75, 3.05) is 27.2 Å². The average Bonchev–Trinajstić information content (AvgIpc) is 2.59. The second-order valence-electron chi connectivity index (χ2n) is 6.49. The molecule has 0 atom stereocenters. The molecule has 0 unspecified atom stereocenters. The van der Waals surface area contributed by atoms with Crippen LogP contribution in [0.25, 0.3) is 21.9 Å². The van der Waals surface area contributed by atoms with Gasteiger partial charge in [-0.15, -0.1) is 0 Å². The van der Waals surface area contributed by atoms with Crippen molar-refractivity contribution in [2.24, 2.45) is 0 Å². The molecule has 0 N–H and O–H groups in total. The van der Waals surface area contributed by atoms with Crippen LogP contribution in [0.1, 0.15) is 12.0 Å². The number of hydrogen-bond acceptors (Lipinski definition) is 3. The number of ether oxygens (including phenoxy) is 1. The van der Waals surface area contributed by atoms with Crippen molar-refractivity contribution in [2.45, 2.75) is 13.3 Å². The summed E-state index contributed by atoms with van der Waals surface area (Å²) in [4.78, 5) is 6.69. The molecule has 4 heteroatoms. The lowest BCUT2D eigenvalue weighted by atomic mass is 9.98. The summed E-state index contributed by atoms with van der Waals surface area (Å²) < 4.78 is 19.2. The van der Waals surface area contributed by atoms with Crippen LogP contribution >= 0.6 is 0 Å². The summed E-state index contributed by atoms with van der Waals surface area (Å²) in [6.45, 7) is 3.67. The normalized spacial score (nSPS) is 11.2. The maximum Gasteiger partial charge on any atom is 0.221 e. The van der Waals surface area contributed by atoms with E-state index in [1.54, 1.807) is 12.1 Å². The van der Waals surface area contributed by atoms with Crippen molar-refractivity contribution in [1.29, 1.82) is 0 Å². The van der Waals surface area contributed by atoms with Crippen LogP contribution in [-0.4, -0.2) is 37.1 Å². The summed E-state index contributed by atoms with van der Waals surface area (Å²) in [6, 6.07) is 12.7. The molecule has 0 saturated heterocycles. The molecule has 0 aliphatic heterocycles. The van der Waals surface area contributed by atoms with Crippen LogP contribution in [0.4, 0.5) is 4.39 Å². The Kier molecular flexibility index (Phi) is 5.29. The number of fused-ring (bicyclic) bond motifs is 1. The minimum atomic E-state index is -0.238. The van der Waals surface area contributed by atoms with Crippen LogP contribution in [0, 0.1) is 12.7 Å². The van der Waals surface area contributed by atoms with Crippen LogP contribution < -0.4 is 4.74 Å². The van der Waals surface area contributed by atoms with Gasteiger partial charge in [-0.25, -0.2) is 9.37 Å². The Hall–Kier alpha value is -2.46. The number of aryl methyl sites for hydroxylation is 1. The lowest BCUT2D eigenvalue weighted by molar-refractivity contribution is 0.276. The lowest BCUT2D eigenvalue weighted by Crippen LogP contribution is -2.15. The van der Waals surface area contributed by atoms with Gasteiger partial charge < -0.3 is 9.64 Å². The van der Waals surface area contributed by atoms with Crippen molar-refractivity contribution >= 4 is 10.8 Å². The second-order valence-corrected chi connectivity index (χ2v) is 6.49. The van der Waals surface area contributed by atoms with Crippen LogP contribution in [0.3, 0.4) is 0 Å². The van der Waals surface area contributed by atoms with Crippen molar-refractivity contribution < 1.29 is 9.13 Å². The molecule has 0 fully saturated rings. The molecule has 0 aliphatic carbocycles. The maximum absolute atomic E-state index is 13.2. The molecule has 3 nitrogen and oxygen atoms in total. The van der Waals surface area contributed by atoms with Gasteiger partial charge in [0, 0.05) is 23.7 Å². The molecule has 0 saturated carbocycles. The fourth-order valence-corrected chi connectivity index (χ4v) is 2.95. The molecule has 3 aromatic rings. The molecule has 0 spiro atoms. The molecule has 0 radical (unpaired) electrons. The van der Waals surface area contributed by atoms with Gasteiger partial charge in [-0.1, -0.05) is 30.3 Å². The monoisotopic (exact) mass is 338 g/mol. The van der Waals surface area contributed by atoms with Crippen LogP contribution in [0.5, 0.6) is 5.88 Å². The minimum Gasteiger partial charge on any atom is -0.477 e. The standard InChI is InChI=1S/C21H23FN2O/c1-15-6-4-7-18-19(16-8-10-17(22)11-9-16)14-23-21(20(15)18)25-13-5-12-24(2)3/h4,6-11,14H,5,12-13H2,1-3H3. The van der Waals surface area contributed by atoms with Gasteiger partial charge in [-0.05, 0) is 56.1 Å². The molecule has 25 heavy (non-hydrogen) atoms. The molecular weight excluding hydrogens is 315 g/mol. The quantitative estimate of drug-likeness (QED) is 0.610. The first-order valence-electron chi connectivity index (χ1n) is 8.48. The van der Waals surface area contributed by atoms with Crippen molar-refractivity contribution in [3.05, 3.63) is 60.0 Å². The average molecular weight is 338 g/mol.